The number of hydrogen-bond acceptors (Lipinski definition) is 4. The summed E-state index contributed by atoms with van der Waals surface area (Å²) in [5.74, 6) is -3.72. The highest BCUT2D eigenvalue weighted by Crippen LogP contribution is 2.36. The number of aromatic nitrogens is 4. The highest BCUT2D eigenvalue weighted by Gasteiger charge is 2.40. The third-order valence-corrected chi connectivity index (χ3v) is 6.65. The standard InChI is InChI=1S/C24H17F5N6O2/c25-12-8-15-19-13(3-4-30-21(15)36)20(31-17(19)9-12)11-1-2-16(26)14(7-11)22(37)34-5-6-35-18(10-34)32-33-23(35)24(27,28)29/h1-2,7-9,31H,3-6,10H2,(H,30,36). The fourth-order valence-electron chi connectivity index (χ4n) is 4.99. The van der Waals surface area contributed by atoms with Crippen molar-refractivity contribution in [1.29, 1.82) is 0 Å². The number of nitrogens with zero attached hydrogens (tertiary/aromatic N) is 4. The number of halogens is 5. The molecule has 37 heavy (non-hydrogen) atoms. The molecule has 0 bridgehead atoms. The van der Waals surface area contributed by atoms with Crippen molar-refractivity contribution in [3.8, 4) is 11.3 Å². The lowest BCUT2D eigenvalue weighted by atomic mass is 9.99. The predicted molar refractivity (Wildman–Crippen MR) is 119 cm³/mol. The molecule has 0 spiro atoms. The van der Waals surface area contributed by atoms with Crippen LogP contribution in [0.1, 0.15) is 37.9 Å². The molecule has 0 saturated carbocycles. The van der Waals surface area contributed by atoms with E-state index >= 15 is 0 Å². The second-order valence-electron chi connectivity index (χ2n) is 8.87. The number of carbonyl (C=O) groups is 2. The first-order valence-electron chi connectivity index (χ1n) is 11.3. The van der Waals surface area contributed by atoms with Gasteiger partial charge in [0.25, 0.3) is 11.8 Å². The van der Waals surface area contributed by atoms with Crippen LogP contribution in [0.5, 0.6) is 0 Å². The van der Waals surface area contributed by atoms with E-state index in [4.69, 9.17) is 0 Å². The quantitative estimate of drug-likeness (QED) is 0.398. The van der Waals surface area contributed by atoms with Gasteiger partial charge in [-0.25, -0.2) is 8.78 Å². The van der Waals surface area contributed by atoms with E-state index in [1.807, 2.05) is 0 Å². The number of nitrogens with one attached hydrogen (secondary N) is 2. The Labute approximate surface area is 205 Å². The van der Waals surface area contributed by atoms with Gasteiger partial charge < -0.3 is 19.8 Å². The number of carbonyl (C=O) groups excluding carboxylic acids is 2. The molecule has 190 valence electrons. The van der Waals surface area contributed by atoms with Crippen LogP contribution in [0, 0.1) is 11.6 Å². The number of aromatic amines is 1. The van der Waals surface area contributed by atoms with Gasteiger partial charge in [0, 0.05) is 36.2 Å². The second kappa shape index (κ2) is 8.11. The lowest BCUT2D eigenvalue weighted by Gasteiger charge is -2.28. The molecule has 13 heteroatoms. The van der Waals surface area contributed by atoms with E-state index in [0.717, 1.165) is 22.3 Å². The normalized spacial score (nSPS) is 15.5. The number of H-pyrrole nitrogens is 1. The van der Waals surface area contributed by atoms with E-state index in [1.165, 1.54) is 23.1 Å². The molecule has 2 aromatic heterocycles. The first-order valence-corrected chi connectivity index (χ1v) is 11.3. The highest BCUT2D eigenvalue weighted by molar-refractivity contribution is 6.10. The zero-order chi connectivity index (χ0) is 26.1. The van der Waals surface area contributed by atoms with Gasteiger partial charge in [-0.05, 0) is 47.9 Å². The van der Waals surface area contributed by atoms with E-state index in [2.05, 4.69) is 20.5 Å². The largest absolute Gasteiger partial charge is 0.451 e. The van der Waals surface area contributed by atoms with Crippen LogP contribution in [0.4, 0.5) is 22.0 Å². The molecule has 0 atom stereocenters. The minimum atomic E-state index is -4.68. The molecule has 0 unspecified atom stereocenters. The van der Waals surface area contributed by atoms with Crippen LogP contribution >= 0.6 is 0 Å². The number of amides is 2. The summed E-state index contributed by atoms with van der Waals surface area (Å²) in [6, 6.07) is 6.35. The topological polar surface area (TPSA) is 95.9 Å². The number of alkyl halides is 3. The molecule has 2 amide bonds. The van der Waals surface area contributed by atoms with Crippen LogP contribution in [0.2, 0.25) is 0 Å². The average Bonchev–Trinajstić information content (AvgIpc) is 3.40. The maximum atomic E-state index is 14.8. The number of hydrogen-bond donors (Lipinski definition) is 2. The maximum Gasteiger partial charge on any atom is 0.451 e. The Hall–Kier alpha value is -4.29. The fourth-order valence-corrected chi connectivity index (χ4v) is 4.99. The van der Waals surface area contributed by atoms with Crippen molar-refractivity contribution < 1.29 is 31.5 Å². The summed E-state index contributed by atoms with van der Waals surface area (Å²) in [6.07, 6.45) is -4.26. The Morgan fingerprint density at radius 2 is 1.86 bits per heavy atom. The van der Waals surface area contributed by atoms with E-state index < -0.39 is 35.4 Å². The Balaban J connectivity index is 1.38. The minimum Gasteiger partial charge on any atom is -0.354 e. The van der Waals surface area contributed by atoms with Gasteiger partial charge >= 0.3 is 6.18 Å². The van der Waals surface area contributed by atoms with Crippen LogP contribution in [-0.2, 0) is 25.7 Å². The predicted octanol–water partition coefficient (Wildman–Crippen LogP) is 3.67. The van der Waals surface area contributed by atoms with E-state index in [-0.39, 0.29) is 36.6 Å². The molecule has 6 rings (SSSR count). The molecule has 0 fully saturated rings. The number of fused-ring (bicyclic) bond motifs is 1. The molecule has 2 aliphatic rings. The van der Waals surface area contributed by atoms with E-state index in [1.54, 1.807) is 0 Å². The van der Waals surface area contributed by atoms with Crippen molar-refractivity contribution in [1.82, 2.24) is 30.0 Å². The van der Waals surface area contributed by atoms with Gasteiger partial charge in [0.05, 0.1) is 17.7 Å². The van der Waals surface area contributed by atoms with Gasteiger partial charge in [0.2, 0.25) is 5.82 Å². The zero-order valence-electron chi connectivity index (χ0n) is 18.9. The van der Waals surface area contributed by atoms with Gasteiger partial charge in [-0.1, -0.05) is 0 Å². The molecular formula is C24H17F5N6O2. The summed E-state index contributed by atoms with van der Waals surface area (Å²) in [5.41, 5.74) is 1.97. The van der Waals surface area contributed by atoms with Gasteiger partial charge in [-0.15, -0.1) is 10.2 Å². The Morgan fingerprint density at radius 1 is 1.05 bits per heavy atom. The third kappa shape index (κ3) is 3.72. The minimum absolute atomic E-state index is 0.0495. The monoisotopic (exact) mass is 516 g/mol. The van der Waals surface area contributed by atoms with Gasteiger partial charge in [-0.2, -0.15) is 13.2 Å². The lowest BCUT2D eigenvalue weighted by Crippen LogP contribution is -2.39. The highest BCUT2D eigenvalue weighted by atomic mass is 19.4. The Bertz CT molecular complexity index is 1610. The second-order valence-corrected chi connectivity index (χ2v) is 8.87. The molecule has 4 heterocycles. The summed E-state index contributed by atoms with van der Waals surface area (Å²) < 4.78 is 69.3. The molecule has 8 nitrogen and oxygen atoms in total. The first kappa shape index (κ1) is 23.1. The number of benzene rings is 2. The van der Waals surface area contributed by atoms with Crippen LogP contribution < -0.4 is 5.32 Å². The van der Waals surface area contributed by atoms with Gasteiger partial charge in [0.1, 0.15) is 11.6 Å². The van der Waals surface area contributed by atoms with Crippen molar-refractivity contribution >= 4 is 22.7 Å². The summed E-state index contributed by atoms with van der Waals surface area (Å²) in [7, 11) is 0. The third-order valence-electron chi connectivity index (χ3n) is 6.65. The molecule has 2 aromatic carbocycles. The summed E-state index contributed by atoms with van der Waals surface area (Å²) in [6.45, 7) is -0.244. The molecule has 2 N–H and O–H groups in total. The smallest absolute Gasteiger partial charge is 0.354 e. The van der Waals surface area contributed by atoms with Crippen molar-refractivity contribution in [2.45, 2.75) is 25.7 Å². The van der Waals surface area contributed by atoms with Gasteiger partial charge in [-0.3, -0.25) is 9.59 Å². The van der Waals surface area contributed by atoms with Crippen molar-refractivity contribution in [2.75, 3.05) is 13.1 Å². The molecule has 0 radical (unpaired) electrons. The SMILES string of the molecule is O=C1NCCc2c(-c3ccc(F)c(C(=O)N4CCn5c(nnc5C(F)(F)F)C4)c3)[nH]c3cc(F)cc1c23. The van der Waals surface area contributed by atoms with Crippen LogP contribution in [0.15, 0.2) is 30.3 Å². The van der Waals surface area contributed by atoms with Crippen LogP contribution in [0.25, 0.3) is 22.2 Å². The summed E-state index contributed by atoms with van der Waals surface area (Å²) >= 11 is 0. The van der Waals surface area contributed by atoms with Gasteiger partial charge in [0.15, 0.2) is 5.82 Å². The maximum absolute atomic E-state index is 14.8. The fraction of sp³-hybridized carbons (Fsp3) is 0.250. The molecule has 0 saturated heterocycles. The molecule has 2 aliphatic heterocycles. The van der Waals surface area contributed by atoms with Crippen molar-refractivity contribution in [3.05, 3.63) is 70.3 Å². The Morgan fingerprint density at radius 3 is 2.65 bits per heavy atom. The number of rotatable bonds is 2. The van der Waals surface area contributed by atoms with E-state index in [0.29, 0.717) is 35.1 Å². The molecule has 4 aromatic rings. The van der Waals surface area contributed by atoms with Crippen molar-refractivity contribution in [2.24, 2.45) is 0 Å². The molecular weight excluding hydrogens is 499 g/mol. The first-order chi connectivity index (χ1) is 17.6. The van der Waals surface area contributed by atoms with Crippen LogP contribution in [-0.4, -0.2) is 49.6 Å². The zero-order valence-corrected chi connectivity index (χ0v) is 18.9. The van der Waals surface area contributed by atoms with Crippen LogP contribution in [0.3, 0.4) is 0 Å². The van der Waals surface area contributed by atoms with Crippen molar-refractivity contribution in [3.63, 3.8) is 0 Å². The summed E-state index contributed by atoms with van der Waals surface area (Å²) in [4.78, 5) is 30.0. The summed E-state index contributed by atoms with van der Waals surface area (Å²) in [5, 5.41) is 10.0. The average molecular weight is 516 g/mol. The lowest BCUT2D eigenvalue weighted by molar-refractivity contribution is -0.147. The Kier molecular flexibility index (Phi) is 5.07. The van der Waals surface area contributed by atoms with E-state index in [9.17, 15) is 31.5 Å². The molecule has 0 aliphatic carbocycles.